The van der Waals surface area contributed by atoms with E-state index in [4.69, 9.17) is 5.73 Å². The van der Waals surface area contributed by atoms with Gasteiger partial charge < -0.3 is 5.73 Å². The zero-order chi connectivity index (χ0) is 9.42. The maximum Gasteiger partial charge on any atom is 0.137 e. The monoisotopic (exact) mass is 348 g/mol. The molecule has 2 aromatic rings. The Morgan fingerprint density at radius 3 is 2.92 bits per heavy atom. The molecule has 2 N–H and O–H groups in total. The molecule has 1 aromatic heterocycles. The molecular formula is C9H6BrIN2. The molecule has 0 aliphatic carbocycles. The topological polar surface area (TPSA) is 38.9 Å². The normalized spacial score (nSPS) is 10.6. The summed E-state index contributed by atoms with van der Waals surface area (Å²) in [6, 6.07) is 6.07. The van der Waals surface area contributed by atoms with Crippen molar-refractivity contribution in [3.63, 3.8) is 0 Å². The van der Waals surface area contributed by atoms with Crippen LogP contribution in [0.1, 0.15) is 0 Å². The Kier molecular flexibility index (Phi) is 2.42. The Morgan fingerprint density at radius 2 is 2.15 bits per heavy atom. The third-order valence-electron chi connectivity index (χ3n) is 1.82. The Hall–Kier alpha value is -0.360. The Labute approximate surface area is 97.8 Å². The fourth-order valence-corrected chi connectivity index (χ4v) is 2.13. The highest BCUT2D eigenvalue weighted by Gasteiger charge is 2.03. The molecule has 13 heavy (non-hydrogen) atoms. The number of nitrogens with zero attached hydrogens (tertiary/aromatic N) is 1. The predicted octanol–water partition coefficient (Wildman–Crippen LogP) is 3.18. The molecule has 0 saturated carbocycles. The summed E-state index contributed by atoms with van der Waals surface area (Å²) < 4.78 is 2.07. The summed E-state index contributed by atoms with van der Waals surface area (Å²) in [7, 11) is 0. The van der Waals surface area contributed by atoms with Crippen LogP contribution in [0.25, 0.3) is 10.8 Å². The van der Waals surface area contributed by atoms with Gasteiger partial charge in [-0.25, -0.2) is 4.98 Å². The summed E-state index contributed by atoms with van der Waals surface area (Å²) in [4.78, 5) is 4.09. The lowest BCUT2D eigenvalue weighted by Gasteiger charge is -2.03. The Bertz CT molecular complexity index is 465. The number of benzene rings is 1. The number of hydrogen-bond acceptors (Lipinski definition) is 2. The van der Waals surface area contributed by atoms with E-state index >= 15 is 0 Å². The first-order valence-electron chi connectivity index (χ1n) is 3.68. The van der Waals surface area contributed by atoms with Gasteiger partial charge in [0.2, 0.25) is 0 Å². The molecule has 0 aliphatic heterocycles. The van der Waals surface area contributed by atoms with Crippen LogP contribution in [0.4, 0.5) is 5.82 Å². The molecule has 4 heteroatoms. The first-order chi connectivity index (χ1) is 6.18. The van der Waals surface area contributed by atoms with Crippen molar-refractivity contribution in [3.05, 3.63) is 32.4 Å². The van der Waals surface area contributed by atoms with E-state index in [1.165, 1.54) is 0 Å². The highest BCUT2D eigenvalue weighted by Crippen LogP contribution is 2.26. The minimum atomic E-state index is 0.589. The van der Waals surface area contributed by atoms with Gasteiger partial charge in [-0.2, -0.15) is 0 Å². The van der Waals surface area contributed by atoms with Crippen LogP contribution in [0.15, 0.2) is 28.9 Å². The maximum atomic E-state index is 5.70. The quantitative estimate of drug-likeness (QED) is 0.742. The third kappa shape index (κ3) is 1.65. The molecule has 2 nitrogen and oxygen atoms in total. The first-order valence-corrected chi connectivity index (χ1v) is 5.55. The molecule has 0 saturated heterocycles. The summed E-state index contributed by atoms with van der Waals surface area (Å²) in [5.74, 6) is 0.589. The van der Waals surface area contributed by atoms with Crippen LogP contribution in [0.2, 0.25) is 0 Å². The Balaban J connectivity index is 2.89. The van der Waals surface area contributed by atoms with Gasteiger partial charge in [0.1, 0.15) is 5.82 Å². The van der Waals surface area contributed by atoms with Crippen LogP contribution >= 0.6 is 38.5 Å². The highest BCUT2D eigenvalue weighted by molar-refractivity contribution is 14.1. The standard InChI is InChI=1S/C9H6BrIN2/c10-6-2-1-5-4-13-9(12)8(11)7(5)3-6/h1-4H,(H2,12,13). The molecule has 66 valence electrons. The minimum absolute atomic E-state index is 0.589. The lowest BCUT2D eigenvalue weighted by molar-refractivity contribution is 1.35. The lowest BCUT2D eigenvalue weighted by Crippen LogP contribution is -1.93. The molecule has 0 bridgehead atoms. The zero-order valence-corrected chi connectivity index (χ0v) is 10.3. The number of halogens is 2. The minimum Gasteiger partial charge on any atom is -0.383 e. The molecule has 2 rings (SSSR count). The number of nitrogens with two attached hydrogens (primary N) is 1. The molecular weight excluding hydrogens is 343 g/mol. The van der Waals surface area contributed by atoms with Crippen LogP contribution in [-0.2, 0) is 0 Å². The van der Waals surface area contributed by atoms with Gasteiger partial charge in [0.05, 0.1) is 3.57 Å². The van der Waals surface area contributed by atoms with E-state index in [1.807, 2.05) is 12.1 Å². The predicted molar refractivity (Wildman–Crippen MR) is 66.6 cm³/mol. The highest BCUT2D eigenvalue weighted by atomic mass is 127. The van der Waals surface area contributed by atoms with Crippen molar-refractivity contribution >= 4 is 55.1 Å². The summed E-state index contributed by atoms with van der Waals surface area (Å²) in [6.45, 7) is 0. The van der Waals surface area contributed by atoms with Gasteiger partial charge in [-0.1, -0.05) is 22.0 Å². The summed E-state index contributed by atoms with van der Waals surface area (Å²) >= 11 is 5.64. The van der Waals surface area contributed by atoms with Gasteiger partial charge in [0.15, 0.2) is 0 Å². The van der Waals surface area contributed by atoms with Crippen LogP contribution in [0.3, 0.4) is 0 Å². The van der Waals surface area contributed by atoms with Crippen molar-refractivity contribution in [3.8, 4) is 0 Å². The number of anilines is 1. The fraction of sp³-hybridized carbons (Fsp3) is 0. The summed E-state index contributed by atoms with van der Waals surface area (Å²) in [5.41, 5.74) is 5.70. The van der Waals surface area contributed by atoms with Gasteiger partial charge in [0.25, 0.3) is 0 Å². The number of nitrogen functional groups attached to an aromatic ring is 1. The SMILES string of the molecule is Nc1ncc2ccc(Br)cc2c1I. The van der Waals surface area contributed by atoms with E-state index < -0.39 is 0 Å². The van der Waals surface area contributed by atoms with Crippen molar-refractivity contribution in [2.45, 2.75) is 0 Å². The van der Waals surface area contributed by atoms with E-state index in [-0.39, 0.29) is 0 Å². The number of hydrogen-bond donors (Lipinski definition) is 1. The van der Waals surface area contributed by atoms with E-state index in [9.17, 15) is 0 Å². The van der Waals surface area contributed by atoms with Gasteiger partial charge in [0, 0.05) is 21.4 Å². The van der Waals surface area contributed by atoms with E-state index in [1.54, 1.807) is 6.20 Å². The number of aromatic nitrogens is 1. The average molecular weight is 349 g/mol. The van der Waals surface area contributed by atoms with Crippen molar-refractivity contribution < 1.29 is 0 Å². The molecule has 0 unspecified atom stereocenters. The van der Waals surface area contributed by atoms with Gasteiger partial charge in [-0.05, 0) is 34.7 Å². The van der Waals surface area contributed by atoms with E-state index in [2.05, 4.69) is 49.6 Å². The molecule has 0 spiro atoms. The maximum absolute atomic E-state index is 5.70. The number of fused-ring (bicyclic) bond motifs is 1. The van der Waals surface area contributed by atoms with E-state index in [0.29, 0.717) is 5.82 Å². The van der Waals surface area contributed by atoms with Crippen molar-refractivity contribution in [2.24, 2.45) is 0 Å². The molecule has 1 aromatic carbocycles. The average Bonchev–Trinajstić information content (AvgIpc) is 2.12. The van der Waals surface area contributed by atoms with Gasteiger partial charge in [-0.15, -0.1) is 0 Å². The van der Waals surface area contributed by atoms with Crippen LogP contribution < -0.4 is 5.73 Å². The Morgan fingerprint density at radius 1 is 1.38 bits per heavy atom. The molecule has 0 fully saturated rings. The third-order valence-corrected chi connectivity index (χ3v) is 3.45. The van der Waals surface area contributed by atoms with Gasteiger partial charge >= 0.3 is 0 Å². The van der Waals surface area contributed by atoms with Crippen molar-refractivity contribution in [1.82, 2.24) is 4.98 Å². The second-order valence-corrected chi connectivity index (χ2v) is 4.68. The van der Waals surface area contributed by atoms with Crippen LogP contribution in [0.5, 0.6) is 0 Å². The molecule has 0 aliphatic rings. The molecule has 1 heterocycles. The summed E-state index contributed by atoms with van der Waals surface area (Å²) in [5, 5.41) is 2.25. The number of rotatable bonds is 0. The zero-order valence-electron chi connectivity index (χ0n) is 6.59. The molecule has 0 radical (unpaired) electrons. The molecule has 0 atom stereocenters. The summed E-state index contributed by atoms with van der Waals surface area (Å²) in [6.07, 6.45) is 1.79. The second kappa shape index (κ2) is 3.42. The second-order valence-electron chi connectivity index (χ2n) is 2.69. The van der Waals surface area contributed by atoms with Crippen LogP contribution in [0, 0.1) is 3.57 Å². The largest absolute Gasteiger partial charge is 0.383 e. The smallest absolute Gasteiger partial charge is 0.137 e. The van der Waals surface area contributed by atoms with Crippen molar-refractivity contribution in [2.75, 3.05) is 5.73 Å². The van der Waals surface area contributed by atoms with Gasteiger partial charge in [-0.3, -0.25) is 0 Å². The van der Waals surface area contributed by atoms with E-state index in [0.717, 1.165) is 18.8 Å². The lowest BCUT2D eigenvalue weighted by atomic mass is 10.2. The van der Waals surface area contributed by atoms with Crippen LogP contribution in [-0.4, -0.2) is 4.98 Å². The first kappa shape index (κ1) is 9.21. The van der Waals surface area contributed by atoms with Crippen molar-refractivity contribution in [1.29, 1.82) is 0 Å². The fourth-order valence-electron chi connectivity index (χ4n) is 1.16. The molecule has 0 amide bonds. The number of pyridine rings is 1.